The molecule has 0 fully saturated rings. The van der Waals surface area contributed by atoms with E-state index >= 15 is 0 Å². The van der Waals surface area contributed by atoms with Gasteiger partial charge in [0, 0.05) is 6.42 Å². The van der Waals surface area contributed by atoms with Crippen molar-refractivity contribution in [1.29, 1.82) is 0 Å². The molecule has 0 N–H and O–H groups in total. The van der Waals surface area contributed by atoms with Gasteiger partial charge in [0.2, 0.25) is 6.29 Å². The van der Waals surface area contributed by atoms with Crippen molar-refractivity contribution in [3.8, 4) is 0 Å². The molecule has 0 aliphatic heterocycles. The molecule has 0 aliphatic carbocycles. The number of unbranched alkanes of at least 4 members (excludes halogenated alkanes) is 6. The second kappa shape index (κ2) is 16.0. The molecule has 6 nitrogen and oxygen atoms in total. The van der Waals surface area contributed by atoms with Crippen LogP contribution in [0.15, 0.2) is 48.5 Å². The van der Waals surface area contributed by atoms with Crippen LogP contribution in [0.4, 0.5) is 0 Å². The third kappa shape index (κ3) is 10.1. The first-order valence-electron chi connectivity index (χ1n) is 12.5. The van der Waals surface area contributed by atoms with E-state index < -0.39 is 18.2 Å². The van der Waals surface area contributed by atoms with E-state index in [1.54, 1.807) is 24.3 Å². The molecule has 0 amide bonds. The lowest BCUT2D eigenvalue weighted by molar-refractivity contribution is -0.421. The highest BCUT2D eigenvalue weighted by Crippen LogP contribution is 2.15. The van der Waals surface area contributed by atoms with Crippen LogP contribution in [-0.4, -0.2) is 18.2 Å². The highest BCUT2D eigenvalue weighted by molar-refractivity contribution is 5.89. The molecule has 0 atom stereocenters. The van der Waals surface area contributed by atoms with Crippen molar-refractivity contribution in [2.45, 2.75) is 91.3 Å². The quantitative estimate of drug-likeness (QED) is 0.112. The van der Waals surface area contributed by atoms with E-state index in [2.05, 4.69) is 6.92 Å². The van der Waals surface area contributed by atoms with Gasteiger partial charge in [-0.05, 0) is 54.7 Å². The number of hydrogen-bond acceptors (Lipinski definition) is 6. The van der Waals surface area contributed by atoms with Gasteiger partial charge < -0.3 is 0 Å². The summed E-state index contributed by atoms with van der Waals surface area (Å²) in [4.78, 5) is 45.1. The molecule has 0 aliphatic rings. The first-order valence-corrected chi connectivity index (χ1v) is 12.5. The zero-order chi connectivity index (χ0) is 24.6. The Balaban J connectivity index is 1.87. The highest BCUT2D eigenvalue weighted by Gasteiger charge is 2.19. The highest BCUT2D eigenvalue weighted by atomic mass is 17.3. The Morgan fingerprint density at radius 1 is 0.618 bits per heavy atom. The van der Waals surface area contributed by atoms with Gasteiger partial charge in [0.15, 0.2) is 0 Å². The maximum atomic E-state index is 12.3. The second-order valence-electron chi connectivity index (χ2n) is 8.37. The summed E-state index contributed by atoms with van der Waals surface area (Å²) in [6, 6.07) is 14.2. The Hall–Kier alpha value is -2.70. The molecule has 0 saturated heterocycles. The van der Waals surface area contributed by atoms with E-state index in [4.69, 9.17) is 19.6 Å². The number of carbonyl (C=O) groups is 2. The third-order valence-corrected chi connectivity index (χ3v) is 5.70. The van der Waals surface area contributed by atoms with Crippen LogP contribution in [0.5, 0.6) is 0 Å². The Kier molecular flexibility index (Phi) is 13.0. The van der Waals surface area contributed by atoms with Crippen molar-refractivity contribution in [3.63, 3.8) is 0 Å². The van der Waals surface area contributed by atoms with Gasteiger partial charge in [-0.25, -0.2) is 9.59 Å². The summed E-state index contributed by atoms with van der Waals surface area (Å²) in [7, 11) is 0. The average Bonchev–Trinajstić information content (AvgIpc) is 2.88. The number of benzene rings is 2. The van der Waals surface area contributed by atoms with Gasteiger partial charge in [-0.2, -0.15) is 0 Å². The average molecular weight is 471 g/mol. The molecule has 2 aromatic carbocycles. The predicted molar refractivity (Wildman–Crippen MR) is 131 cm³/mol. The molecular weight excluding hydrogens is 432 g/mol. The normalized spacial score (nSPS) is 10.9. The van der Waals surface area contributed by atoms with Crippen LogP contribution in [0.3, 0.4) is 0 Å². The molecule has 0 spiro atoms. The molecule has 2 rings (SSSR count). The lowest BCUT2D eigenvalue weighted by atomic mass is 10.1. The van der Waals surface area contributed by atoms with Gasteiger partial charge in [0.1, 0.15) is 0 Å². The molecule has 0 unspecified atom stereocenters. The Morgan fingerprint density at radius 3 is 1.44 bits per heavy atom. The van der Waals surface area contributed by atoms with Crippen LogP contribution < -0.4 is 0 Å². The number of carbonyl (C=O) groups excluding carboxylic acids is 2. The first-order chi connectivity index (χ1) is 16.6. The lowest BCUT2D eigenvalue weighted by Gasteiger charge is -2.15. The summed E-state index contributed by atoms with van der Waals surface area (Å²) in [5, 5.41) is 0. The van der Waals surface area contributed by atoms with Gasteiger partial charge in [-0.3, -0.25) is 9.78 Å². The lowest BCUT2D eigenvalue weighted by Crippen LogP contribution is -2.22. The van der Waals surface area contributed by atoms with Gasteiger partial charge in [0.25, 0.3) is 0 Å². The van der Waals surface area contributed by atoms with Gasteiger partial charge in [-0.15, -0.1) is 9.78 Å². The summed E-state index contributed by atoms with van der Waals surface area (Å²) in [6.45, 7) is 6.28. The molecule has 0 heterocycles. The van der Waals surface area contributed by atoms with Gasteiger partial charge in [0.05, 0.1) is 11.1 Å². The maximum Gasteiger partial charge on any atom is 0.373 e. The van der Waals surface area contributed by atoms with E-state index in [-0.39, 0.29) is 0 Å². The summed E-state index contributed by atoms with van der Waals surface area (Å²) in [6.07, 6.45) is 8.96. The Morgan fingerprint density at radius 2 is 1.03 bits per heavy atom. The number of hydrogen-bond donors (Lipinski definition) is 0. The topological polar surface area (TPSA) is 71.1 Å². The predicted octanol–water partition coefficient (Wildman–Crippen LogP) is 7.16. The Bertz CT molecular complexity index is 781. The molecule has 0 bridgehead atoms. The van der Waals surface area contributed by atoms with E-state index in [0.29, 0.717) is 17.5 Å². The monoisotopic (exact) mass is 470 g/mol. The van der Waals surface area contributed by atoms with Crippen LogP contribution in [0.1, 0.15) is 104 Å². The van der Waals surface area contributed by atoms with E-state index in [1.165, 1.54) is 25.7 Å². The summed E-state index contributed by atoms with van der Waals surface area (Å²) in [5.74, 6) is -1.26. The third-order valence-electron chi connectivity index (χ3n) is 5.70. The van der Waals surface area contributed by atoms with Crippen LogP contribution in [0.2, 0.25) is 0 Å². The zero-order valence-corrected chi connectivity index (χ0v) is 20.7. The summed E-state index contributed by atoms with van der Waals surface area (Å²) < 4.78 is 0. The molecule has 2 aromatic rings. The minimum absolute atomic E-state index is 0.375. The van der Waals surface area contributed by atoms with Gasteiger partial charge in [-0.1, -0.05) is 83.6 Å². The van der Waals surface area contributed by atoms with Crippen molar-refractivity contribution >= 4 is 11.9 Å². The first kappa shape index (κ1) is 27.5. The summed E-state index contributed by atoms with van der Waals surface area (Å²) in [5.41, 5.74) is 2.99. The van der Waals surface area contributed by atoms with Crippen molar-refractivity contribution < 1.29 is 29.1 Å². The Labute approximate surface area is 203 Å². The fourth-order valence-electron chi connectivity index (χ4n) is 3.42. The molecule has 0 radical (unpaired) electrons. The molecule has 34 heavy (non-hydrogen) atoms. The molecule has 0 aromatic heterocycles. The standard InChI is InChI=1S/C28H38O6/c1-4-7-8-9-10-11-12-13-26(31-33-27(29)24-18-14-22(5-2)15-19-24)32-34-28(30)25-20-16-23(6-3)17-21-25/h14-21,26H,4-13H2,1-3H3. The van der Waals surface area contributed by atoms with Crippen molar-refractivity contribution in [3.05, 3.63) is 70.8 Å². The minimum atomic E-state index is -1.01. The van der Waals surface area contributed by atoms with Crippen LogP contribution >= 0.6 is 0 Å². The van der Waals surface area contributed by atoms with Crippen molar-refractivity contribution in [2.75, 3.05) is 0 Å². The fourth-order valence-corrected chi connectivity index (χ4v) is 3.42. The second-order valence-corrected chi connectivity index (χ2v) is 8.37. The van der Waals surface area contributed by atoms with Crippen molar-refractivity contribution in [1.82, 2.24) is 0 Å². The van der Waals surface area contributed by atoms with E-state index in [9.17, 15) is 9.59 Å². The van der Waals surface area contributed by atoms with Crippen LogP contribution in [0, 0.1) is 0 Å². The van der Waals surface area contributed by atoms with E-state index in [0.717, 1.165) is 43.2 Å². The molecule has 186 valence electrons. The number of aryl methyl sites for hydroxylation is 2. The fraction of sp³-hybridized carbons (Fsp3) is 0.500. The maximum absolute atomic E-state index is 12.3. The smallest absolute Gasteiger partial charge is 0.290 e. The molecule has 6 heteroatoms. The van der Waals surface area contributed by atoms with Gasteiger partial charge >= 0.3 is 11.9 Å². The zero-order valence-electron chi connectivity index (χ0n) is 20.7. The van der Waals surface area contributed by atoms with E-state index in [1.807, 2.05) is 38.1 Å². The molecular formula is C28H38O6. The van der Waals surface area contributed by atoms with Crippen molar-refractivity contribution in [2.24, 2.45) is 0 Å². The SMILES string of the molecule is CCCCCCCCCC(OOC(=O)c1ccc(CC)cc1)OOC(=O)c1ccc(CC)cc1. The van der Waals surface area contributed by atoms with Crippen LogP contribution in [0.25, 0.3) is 0 Å². The largest absolute Gasteiger partial charge is 0.373 e. The van der Waals surface area contributed by atoms with Crippen LogP contribution in [-0.2, 0) is 32.4 Å². The summed E-state index contributed by atoms with van der Waals surface area (Å²) >= 11 is 0. The number of rotatable bonds is 16. The molecule has 0 saturated carbocycles. The minimum Gasteiger partial charge on any atom is -0.290 e.